The van der Waals surface area contributed by atoms with Crippen LogP contribution in [0.2, 0.25) is 0 Å². The highest BCUT2D eigenvalue weighted by Gasteiger charge is 2.29. The zero-order valence-electron chi connectivity index (χ0n) is 15.6. The molecule has 0 aromatic heterocycles. The van der Waals surface area contributed by atoms with Crippen LogP contribution in [0.25, 0.3) is 0 Å². The highest BCUT2D eigenvalue weighted by atomic mass is 16.5. The molecule has 0 bridgehead atoms. The molecule has 1 atom stereocenters. The number of fused-ring (bicyclic) bond motifs is 1. The minimum absolute atomic E-state index is 0.174. The van der Waals surface area contributed by atoms with E-state index >= 15 is 0 Å². The molecular weight excluding hydrogens is 314 g/mol. The van der Waals surface area contributed by atoms with Crippen molar-refractivity contribution in [3.05, 3.63) is 23.3 Å². The van der Waals surface area contributed by atoms with Crippen LogP contribution in [-0.2, 0) is 11.2 Å². The SMILES string of the molecule is CCOc1cc2c(cc1OC)CCN(C=O)[C@@H]2CCC1CCCCC1. The predicted octanol–water partition coefficient (Wildman–Crippen LogP) is 4.51. The van der Waals surface area contributed by atoms with E-state index in [2.05, 4.69) is 12.1 Å². The Bertz CT molecular complexity index is 581. The number of hydrogen-bond donors (Lipinski definition) is 0. The lowest BCUT2D eigenvalue weighted by Crippen LogP contribution is -2.34. The summed E-state index contributed by atoms with van der Waals surface area (Å²) in [7, 11) is 1.69. The van der Waals surface area contributed by atoms with Gasteiger partial charge in [0.05, 0.1) is 19.8 Å². The van der Waals surface area contributed by atoms with Crippen LogP contribution >= 0.6 is 0 Å². The Labute approximate surface area is 151 Å². The van der Waals surface area contributed by atoms with E-state index in [0.29, 0.717) is 6.61 Å². The van der Waals surface area contributed by atoms with Crippen molar-refractivity contribution in [2.24, 2.45) is 5.92 Å². The second kappa shape index (κ2) is 8.59. The number of carbonyl (C=O) groups is 1. The van der Waals surface area contributed by atoms with Gasteiger partial charge in [-0.15, -0.1) is 0 Å². The summed E-state index contributed by atoms with van der Waals surface area (Å²) in [4.78, 5) is 13.6. The fourth-order valence-electron chi connectivity index (χ4n) is 4.47. The van der Waals surface area contributed by atoms with Crippen molar-refractivity contribution in [3.8, 4) is 11.5 Å². The van der Waals surface area contributed by atoms with E-state index in [1.165, 1.54) is 49.7 Å². The molecule has 0 spiro atoms. The van der Waals surface area contributed by atoms with Crippen molar-refractivity contribution < 1.29 is 14.3 Å². The molecule has 3 rings (SSSR count). The molecule has 4 heteroatoms. The Morgan fingerprint density at radius 2 is 1.96 bits per heavy atom. The Morgan fingerprint density at radius 3 is 2.64 bits per heavy atom. The van der Waals surface area contributed by atoms with Crippen molar-refractivity contribution in [2.45, 2.75) is 64.3 Å². The van der Waals surface area contributed by atoms with E-state index in [1.54, 1.807) is 7.11 Å². The highest BCUT2D eigenvalue weighted by Crippen LogP contribution is 2.41. The van der Waals surface area contributed by atoms with Gasteiger partial charge in [-0.1, -0.05) is 32.1 Å². The largest absolute Gasteiger partial charge is 0.493 e. The number of methoxy groups -OCH3 is 1. The Balaban J connectivity index is 1.82. The molecule has 1 amide bonds. The first-order chi connectivity index (χ1) is 12.3. The average molecular weight is 345 g/mol. The van der Waals surface area contributed by atoms with Crippen LogP contribution in [0.3, 0.4) is 0 Å². The van der Waals surface area contributed by atoms with Gasteiger partial charge in [0.15, 0.2) is 11.5 Å². The van der Waals surface area contributed by atoms with Gasteiger partial charge in [-0.3, -0.25) is 4.79 Å². The number of nitrogens with zero attached hydrogens (tertiary/aromatic N) is 1. The Morgan fingerprint density at radius 1 is 1.16 bits per heavy atom. The molecule has 1 aliphatic carbocycles. The second-order valence-electron chi connectivity index (χ2n) is 7.33. The van der Waals surface area contributed by atoms with E-state index in [0.717, 1.165) is 43.2 Å². The number of rotatable bonds is 7. The lowest BCUT2D eigenvalue weighted by atomic mass is 9.82. The van der Waals surface area contributed by atoms with E-state index in [-0.39, 0.29) is 6.04 Å². The van der Waals surface area contributed by atoms with Crippen molar-refractivity contribution in [1.82, 2.24) is 4.90 Å². The summed E-state index contributed by atoms with van der Waals surface area (Å²) in [5.41, 5.74) is 2.55. The second-order valence-corrected chi connectivity index (χ2v) is 7.33. The molecule has 1 fully saturated rings. The average Bonchev–Trinajstić information content (AvgIpc) is 2.66. The lowest BCUT2D eigenvalue weighted by Gasteiger charge is -2.36. The van der Waals surface area contributed by atoms with Crippen LogP contribution in [0.5, 0.6) is 11.5 Å². The number of hydrogen-bond acceptors (Lipinski definition) is 3. The molecule has 1 heterocycles. The van der Waals surface area contributed by atoms with Gasteiger partial charge in [0.25, 0.3) is 0 Å². The van der Waals surface area contributed by atoms with Crippen molar-refractivity contribution in [3.63, 3.8) is 0 Å². The minimum Gasteiger partial charge on any atom is -0.493 e. The predicted molar refractivity (Wildman–Crippen MR) is 99.2 cm³/mol. The molecule has 1 saturated carbocycles. The maximum atomic E-state index is 11.6. The van der Waals surface area contributed by atoms with Crippen LogP contribution in [0.1, 0.15) is 69.0 Å². The van der Waals surface area contributed by atoms with Gasteiger partial charge in [0.1, 0.15) is 0 Å². The number of ether oxygens (including phenoxy) is 2. The fraction of sp³-hybridized carbons (Fsp3) is 0.667. The first kappa shape index (κ1) is 18.1. The molecular formula is C21H31NO3. The number of benzene rings is 1. The van der Waals surface area contributed by atoms with Gasteiger partial charge in [0, 0.05) is 6.54 Å². The molecule has 25 heavy (non-hydrogen) atoms. The fourth-order valence-corrected chi connectivity index (χ4v) is 4.47. The molecule has 1 aliphatic heterocycles. The third-order valence-corrected chi connectivity index (χ3v) is 5.83. The van der Waals surface area contributed by atoms with E-state index in [9.17, 15) is 4.79 Å². The summed E-state index contributed by atoms with van der Waals surface area (Å²) in [6, 6.07) is 4.39. The topological polar surface area (TPSA) is 38.8 Å². The standard InChI is InChI=1S/C21H31NO3/c1-3-25-21-14-18-17(13-20(21)24-2)11-12-22(15-23)19(18)10-9-16-7-5-4-6-8-16/h13-16,19H,3-12H2,1-2H3/t19-/m1/s1. The number of carbonyl (C=O) groups excluding carboxylic acids is 1. The van der Waals surface area contributed by atoms with Crippen LogP contribution in [0.4, 0.5) is 0 Å². The number of amides is 1. The highest BCUT2D eigenvalue weighted by molar-refractivity contribution is 5.55. The molecule has 1 aromatic rings. The van der Waals surface area contributed by atoms with Gasteiger partial charge < -0.3 is 14.4 Å². The van der Waals surface area contributed by atoms with E-state index < -0.39 is 0 Å². The molecule has 0 unspecified atom stereocenters. The minimum atomic E-state index is 0.174. The van der Waals surface area contributed by atoms with Gasteiger partial charge in [-0.05, 0) is 55.4 Å². The summed E-state index contributed by atoms with van der Waals surface area (Å²) in [5, 5.41) is 0. The quantitative estimate of drug-likeness (QED) is 0.683. The Hall–Kier alpha value is -1.71. The van der Waals surface area contributed by atoms with Gasteiger partial charge >= 0.3 is 0 Å². The zero-order chi connectivity index (χ0) is 17.6. The third-order valence-electron chi connectivity index (χ3n) is 5.83. The molecule has 0 radical (unpaired) electrons. The summed E-state index contributed by atoms with van der Waals surface area (Å²) in [6.45, 7) is 3.39. The van der Waals surface area contributed by atoms with Crippen LogP contribution < -0.4 is 9.47 Å². The zero-order valence-corrected chi connectivity index (χ0v) is 15.6. The van der Waals surface area contributed by atoms with Gasteiger partial charge in [0.2, 0.25) is 6.41 Å². The maximum Gasteiger partial charge on any atom is 0.210 e. The lowest BCUT2D eigenvalue weighted by molar-refractivity contribution is -0.121. The van der Waals surface area contributed by atoms with Crippen LogP contribution in [0.15, 0.2) is 12.1 Å². The summed E-state index contributed by atoms with van der Waals surface area (Å²) >= 11 is 0. The monoisotopic (exact) mass is 345 g/mol. The first-order valence-corrected chi connectivity index (χ1v) is 9.81. The van der Waals surface area contributed by atoms with Crippen molar-refractivity contribution >= 4 is 6.41 Å². The van der Waals surface area contributed by atoms with Crippen molar-refractivity contribution in [2.75, 3.05) is 20.3 Å². The molecule has 138 valence electrons. The van der Waals surface area contributed by atoms with Crippen LogP contribution in [-0.4, -0.2) is 31.6 Å². The van der Waals surface area contributed by atoms with Gasteiger partial charge in [-0.25, -0.2) is 0 Å². The molecule has 4 nitrogen and oxygen atoms in total. The normalized spacial score (nSPS) is 20.9. The van der Waals surface area contributed by atoms with Crippen molar-refractivity contribution in [1.29, 1.82) is 0 Å². The molecule has 2 aliphatic rings. The molecule has 1 aromatic carbocycles. The maximum absolute atomic E-state index is 11.6. The summed E-state index contributed by atoms with van der Waals surface area (Å²) < 4.78 is 11.3. The first-order valence-electron chi connectivity index (χ1n) is 9.81. The van der Waals surface area contributed by atoms with Crippen LogP contribution in [0, 0.1) is 5.92 Å². The summed E-state index contributed by atoms with van der Waals surface area (Å²) in [5.74, 6) is 2.42. The van der Waals surface area contributed by atoms with E-state index in [4.69, 9.17) is 9.47 Å². The molecule has 0 saturated heterocycles. The smallest absolute Gasteiger partial charge is 0.210 e. The van der Waals surface area contributed by atoms with Gasteiger partial charge in [-0.2, -0.15) is 0 Å². The molecule has 0 N–H and O–H groups in total. The van der Waals surface area contributed by atoms with E-state index in [1.807, 2.05) is 11.8 Å². The third kappa shape index (κ3) is 4.10. The Kier molecular flexibility index (Phi) is 6.22. The summed E-state index contributed by atoms with van der Waals surface area (Å²) in [6.07, 6.45) is 11.0.